The molecule has 90 heavy (non-hydrogen) atoms. The van der Waals surface area contributed by atoms with E-state index in [0.29, 0.717) is 38.5 Å². The van der Waals surface area contributed by atoms with Gasteiger partial charge in [-0.3, -0.25) is 4.79 Å². The summed E-state index contributed by atoms with van der Waals surface area (Å²) in [5.74, 6) is -1.37. The second-order valence-electron chi connectivity index (χ2n) is 28.7. The molecule has 0 bridgehead atoms. The van der Waals surface area contributed by atoms with Crippen LogP contribution in [0.5, 0.6) is 0 Å². The van der Waals surface area contributed by atoms with Crippen molar-refractivity contribution >= 4 is 5.78 Å². The van der Waals surface area contributed by atoms with Gasteiger partial charge >= 0.3 is 0 Å². The average molecular weight is 1300 g/mol. The predicted octanol–water partition coefficient (Wildman–Crippen LogP) is -6.23. The van der Waals surface area contributed by atoms with Crippen molar-refractivity contribution in [2.45, 2.75) is 278 Å². The number of fused-ring (bicyclic) bond motifs is 5. The first-order chi connectivity index (χ1) is 42.0. The Bertz CT molecular complexity index is 2430. The summed E-state index contributed by atoms with van der Waals surface area (Å²) < 4.78 is 59.1. The van der Waals surface area contributed by atoms with Gasteiger partial charge in [0.05, 0.1) is 56.9 Å². The van der Waals surface area contributed by atoms with Crippen molar-refractivity contribution in [3.8, 4) is 0 Å². The highest BCUT2D eigenvalue weighted by atomic mass is 16.8. The Balaban J connectivity index is 0.896. The van der Waals surface area contributed by atoms with Crippen LogP contribution in [0.25, 0.3) is 0 Å². The fourth-order valence-corrected chi connectivity index (χ4v) is 16.8. The SMILES string of the molecule is C[C@H](CC[C@@H](O[C@@H]1O[C@H](COC2O[C@H](CO)[C@@H](O)[C@H](O)[C@H]2O)[C@@H](O)[C@H](O)[C@H]1OC1O[C@@H](CO)[C@H](O)[C@@H](O)[C@@H]1O)C(C)(C)O)C1CC[C@@]2(C)C3C(=O)C=C4C(CC[C@H](O[C@@H]5O[C@H](CO[C@@H]6O[C@H](CO)[C@@H](O)[C@H](O)[C@H]6O)[C@@H](O)[C@H](O)[C@H]5O)C4(C)C)[C@]3(C)[C@H](O)C[C@]12C. The molecule has 4 aliphatic carbocycles. The highest BCUT2D eigenvalue weighted by molar-refractivity contribution is 5.95. The number of aliphatic hydroxyl groups is 19. The Kier molecular flexibility index (Phi) is 22.3. The van der Waals surface area contributed by atoms with Crippen LogP contribution in [-0.4, -0.2) is 313 Å². The van der Waals surface area contributed by atoms with Crippen LogP contribution in [0.3, 0.4) is 0 Å². The van der Waals surface area contributed by atoms with E-state index in [-0.39, 0.29) is 30.0 Å². The molecule has 30 nitrogen and oxygen atoms in total. The normalized spacial score (nSPS) is 51.4. The van der Waals surface area contributed by atoms with E-state index in [1.54, 1.807) is 6.08 Å². The Morgan fingerprint density at radius 1 is 0.533 bits per heavy atom. The van der Waals surface area contributed by atoms with Crippen LogP contribution < -0.4 is 0 Å². The summed E-state index contributed by atoms with van der Waals surface area (Å²) in [5.41, 5.74) is -4.12. The number of carbonyl (C=O) groups excluding carboxylic acids is 1. The molecule has 0 amide bonds. The van der Waals surface area contributed by atoms with Gasteiger partial charge in [0.1, 0.15) is 122 Å². The molecule has 9 aliphatic rings. The van der Waals surface area contributed by atoms with Crippen LogP contribution in [0, 0.1) is 45.3 Å². The lowest BCUT2D eigenvalue weighted by molar-refractivity contribution is -0.380. The van der Waals surface area contributed by atoms with Gasteiger partial charge in [0.25, 0.3) is 0 Å². The Morgan fingerprint density at radius 2 is 0.967 bits per heavy atom. The predicted molar refractivity (Wildman–Crippen MR) is 301 cm³/mol. The van der Waals surface area contributed by atoms with Crippen LogP contribution in [-0.2, 0) is 52.2 Å². The number of carbonyl (C=O) groups is 1. The third-order valence-corrected chi connectivity index (χ3v) is 22.6. The number of aliphatic hydroxyl groups excluding tert-OH is 18. The van der Waals surface area contributed by atoms with Gasteiger partial charge in [0.2, 0.25) is 0 Å². The summed E-state index contributed by atoms with van der Waals surface area (Å²) in [5, 5.41) is 205. The molecule has 0 spiro atoms. The summed E-state index contributed by atoms with van der Waals surface area (Å²) in [6, 6.07) is 0. The van der Waals surface area contributed by atoms with E-state index in [1.807, 2.05) is 27.7 Å². The lowest BCUT2D eigenvalue weighted by atomic mass is 9.38. The number of ketones is 1. The maximum absolute atomic E-state index is 15.2. The first-order valence-electron chi connectivity index (χ1n) is 31.5. The first-order valence-corrected chi connectivity index (χ1v) is 31.5. The highest BCUT2D eigenvalue weighted by Crippen LogP contribution is 2.74. The smallest absolute Gasteiger partial charge is 0.187 e. The second-order valence-corrected chi connectivity index (χ2v) is 28.7. The largest absolute Gasteiger partial charge is 0.394 e. The quantitative estimate of drug-likeness (QED) is 0.0539. The van der Waals surface area contributed by atoms with Crippen LogP contribution in [0.1, 0.15) is 100 Å². The summed E-state index contributed by atoms with van der Waals surface area (Å²) >= 11 is 0. The number of hydrogen-bond acceptors (Lipinski definition) is 30. The lowest BCUT2D eigenvalue weighted by Gasteiger charge is -2.66. The van der Waals surface area contributed by atoms with Crippen molar-refractivity contribution in [1.29, 1.82) is 0 Å². The van der Waals surface area contributed by atoms with Gasteiger partial charge in [-0.25, -0.2) is 0 Å². The number of allylic oxidation sites excluding steroid dienone is 1. The number of ether oxygens (including phenoxy) is 10. The molecular formula is C60H100O30. The van der Waals surface area contributed by atoms with Crippen molar-refractivity contribution in [2.24, 2.45) is 45.3 Å². The van der Waals surface area contributed by atoms with Crippen molar-refractivity contribution in [1.82, 2.24) is 0 Å². The third kappa shape index (κ3) is 12.9. The molecule has 3 saturated carbocycles. The molecule has 520 valence electrons. The molecule has 9 rings (SSSR count). The van der Waals surface area contributed by atoms with Gasteiger partial charge in [0, 0.05) is 16.7 Å². The van der Waals surface area contributed by atoms with Crippen LogP contribution >= 0.6 is 0 Å². The minimum Gasteiger partial charge on any atom is -0.394 e. The molecule has 35 atom stereocenters. The molecule has 5 aliphatic heterocycles. The zero-order chi connectivity index (χ0) is 66.4. The molecule has 5 saturated heterocycles. The van der Waals surface area contributed by atoms with Gasteiger partial charge in [-0.15, -0.1) is 0 Å². The van der Waals surface area contributed by atoms with E-state index in [4.69, 9.17) is 47.4 Å². The fourth-order valence-electron chi connectivity index (χ4n) is 16.8. The lowest BCUT2D eigenvalue weighted by Crippen LogP contribution is -2.67. The topological polar surface area (TPSA) is 494 Å². The van der Waals surface area contributed by atoms with E-state index in [1.165, 1.54) is 13.8 Å². The maximum atomic E-state index is 15.2. The molecule has 0 radical (unpaired) electrons. The van der Waals surface area contributed by atoms with Gasteiger partial charge in [0.15, 0.2) is 37.2 Å². The summed E-state index contributed by atoms with van der Waals surface area (Å²) in [6.45, 7) is 11.5. The van der Waals surface area contributed by atoms with Crippen molar-refractivity contribution in [3.05, 3.63) is 11.6 Å². The summed E-state index contributed by atoms with van der Waals surface area (Å²) in [4.78, 5) is 15.2. The molecule has 5 heterocycles. The van der Waals surface area contributed by atoms with Crippen LogP contribution in [0.15, 0.2) is 11.6 Å². The molecule has 8 fully saturated rings. The summed E-state index contributed by atoms with van der Waals surface area (Å²) in [6.07, 6.45) is -40.9. The third-order valence-electron chi connectivity index (χ3n) is 22.6. The van der Waals surface area contributed by atoms with Crippen molar-refractivity contribution < 1.29 is 149 Å². The first kappa shape index (κ1) is 72.5. The zero-order valence-electron chi connectivity index (χ0n) is 52.0. The molecule has 5 unspecified atom stereocenters. The minimum atomic E-state index is -1.99. The standard InChI is InChI=1S/C60H100O30/c1-22(9-11-34(57(4,5)80)89-55-49(90-54-48(79)42(73)37(68)29(19-63)85-54)44(75)39(70)31(87-55)21-82-52-46(77)41(72)36(67)28(18-62)84-52)23-13-14-58(6)50-26(64)15-25-24(60(50,8)32(65)16-59(23,58)7)10-12-33(56(25,2)3)88-53-47(78)43(74)38(69)30(86-53)20-81-51-45(76)40(71)35(66)27(17-61)83-51/h15,22-24,27-55,61-63,65-80H,9-14,16-21H2,1-8H3/t22-,23?,24?,27-,28-,29+,30-,31-,32-,33+,34-,35-,36-,37+,38-,39-,40+,41+,42-,43+,44+,45-,46-,47-,48+,49-,50?,51-,52?,53+,54?,55+,58+,59-,60-/m1/s1. The monoisotopic (exact) mass is 1300 g/mol. The molecule has 0 aromatic rings. The van der Waals surface area contributed by atoms with E-state index in [0.717, 1.165) is 5.57 Å². The van der Waals surface area contributed by atoms with Crippen molar-refractivity contribution in [2.75, 3.05) is 33.0 Å². The highest BCUT2D eigenvalue weighted by Gasteiger charge is 2.72. The maximum Gasteiger partial charge on any atom is 0.187 e. The van der Waals surface area contributed by atoms with E-state index in [9.17, 15) is 97.0 Å². The Labute approximate surface area is 521 Å². The molecule has 0 aromatic carbocycles. The zero-order valence-corrected chi connectivity index (χ0v) is 52.0. The van der Waals surface area contributed by atoms with Crippen LogP contribution in [0.4, 0.5) is 0 Å². The Hall–Kier alpha value is -1.75. The molecule has 0 aromatic heterocycles. The van der Waals surface area contributed by atoms with E-state index in [2.05, 4.69) is 13.8 Å². The average Bonchev–Trinajstić information content (AvgIpc) is 1.28. The Morgan fingerprint density at radius 3 is 1.46 bits per heavy atom. The number of rotatable bonds is 20. The van der Waals surface area contributed by atoms with Gasteiger partial charge in [-0.05, 0) is 93.5 Å². The van der Waals surface area contributed by atoms with E-state index < -0.39 is 238 Å². The van der Waals surface area contributed by atoms with Crippen molar-refractivity contribution in [3.63, 3.8) is 0 Å². The second kappa shape index (κ2) is 27.6. The fraction of sp³-hybridized carbons (Fsp3) is 0.950. The van der Waals surface area contributed by atoms with E-state index >= 15 is 4.79 Å². The van der Waals surface area contributed by atoms with Gasteiger partial charge < -0.3 is 144 Å². The molecule has 30 heteroatoms. The molecule has 19 N–H and O–H groups in total. The minimum absolute atomic E-state index is 0.0979. The number of hydrogen-bond donors (Lipinski definition) is 19. The van der Waals surface area contributed by atoms with Gasteiger partial charge in [-0.2, -0.15) is 0 Å². The van der Waals surface area contributed by atoms with Crippen LogP contribution in [0.2, 0.25) is 0 Å². The summed E-state index contributed by atoms with van der Waals surface area (Å²) in [7, 11) is 0. The molecular weight excluding hydrogens is 1200 g/mol. The van der Waals surface area contributed by atoms with Gasteiger partial charge in [-0.1, -0.05) is 47.1 Å².